The van der Waals surface area contributed by atoms with Crippen molar-refractivity contribution in [1.29, 1.82) is 5.26 Å². The molecule has 2 aromatic rings. The maximum absolute atomic E-state index is 12.7. The lowest BCUT2D eigenvalue weighted by atomic mass is 9.97. The smallest absolute Gasteiger partial charge is 0.475 e. The molecule has 2 saturated heterocycles. The largest absolute Gasteiger partial charge is 0.490 e. The molecule has 176 valence electrons. The Labute approximate surface area is 188 Å². The Kier molecular flexibility index (Phi) is 6.98. The molecule has 2 atom stereocenters. The fraction of sp³-hybridized carbons (Fsp3) is 0.409. The number of alkyl halides is 3. The zero-order valence-corrected chi connectivity index (χ0v) is 17.8. The Morgan fingerprint density at radius 2 is 2.03 bits per heavy atom. The van der Waals surface area contributed by atoms with Gasteiger partial charge < -0.3 is 24.6 Å². The SMILES string of the molecule is Cn1cccc1C(=O)N1CCC2(CC(Nc3cccc(C#N)c3)CO2)C1.O=C(O)C(F)(F)F. The highest BCUT2D eigenvalue weighted by molar-refractivity contribution is 5.93. The molecule has 0 bridgehead atoms. The number of nitriles is 1. The van der Waals surface area contributed by atoms with Crippen LogP contribution in [0, 0.1) is 11.3 Å². The molecule has 33 heavy (non-hydrogen) atoms. The molecular formula is C22H23F3N4O4. The molecule has 1 aromatic heterocycles. The van der Waals surface area contributed by atoms with Gasteiger partial charge in [-0.15, -0.1) is 0 Å². The number of aromatic nitrogens is 1. The summed E-state index contributed by atoms with van der Waals surface area (Å²) in [5, 5.41) is 19.6. The first-order valence-electron chi connectivity index (χ1n) is 10.1. The number of nitrogens with one attached hydrogen (secondary N) is 1. The molecule has 0 radical (unpaired) electrons. The zero-order chi connectivity index (χ0) is 24.2. The molecule has 2 aliphatic heterocycles. The summed E-state index contributed by atoms with van der Waals surface area (Å²) in [6, 6.07) is 13.6. The summed E-state index contributed by atoms with van der Waals surface area (Å²) in [5.41, 5.74) is 2.03. The van der Waals surface area contributed by atoms with E-state index in [1.807, 2.05) is 53.0 Å². The first kappa shape index (κ1) is 24.1. The van der Waals surface area contributed by atoms with Gasteiger partial charge in [-0.25, -0.2) is 4.79 Å². The first-order valence-corrected chi connectivity index (χ1v) is 10.1. The standard InChI is InChI=1S/C20H22N4O2.C2HF3O2/c1-23-8-3-6-18(23)19(25)24-9-7-20(14-24)11-17(13-26-20)22-16-5-2-4-15(10-16)12-21;3-2(4,5)1(6)7/h2-6,8,10,17,22H,7,9,11,13-14H2,1H3;(H,6,7). The second kappa shape index (κ2) is 9.54. The van der Waals surface area contributed by atoms with Crippen LogP contribution in [0.2, 0.25) is 0 Å². The summed E-state index contributed by atoms with van der Waals surface area (Å²) in [5.74, 6) is -2.69. The molecule has 8 nitrogen and oxygen atoms in total. The minimum Gasteiger partial charge on any atom is -0.475 e. The zero-order valence-electron chi connectivity index (χ0n) is 17.8. The minimum absolute atomic E-state index is 0.0658. The fourth-order valence-corrected chi connectivity index (χ4v) is 4.00. The number of aryl methyl sites for hydroxylation is 1. The normalized spacial score (nSPS) is 21.9. The predicted molar refractivity (Wildman–Crippen MR) is 111 cm³/mol. The highest BCUT2D eigenvalue weighted by Gasteiger charge is 2.47. The molecule has 1 aromatic carbocycles. The van der Waals surface area contributed by atoms with E-state index in [0.717, 1.165) is 25.1 Å². The number of rotatable bonds is 3. The average molecular weight is 464 g/mol. The number of likely N-dealkylation sites (tertiary alicyclic amines) is 1. The van der Waals surface area contributed by atoms with Gasteiger partial charge in [0.15, 0.2) is 0 Å². The van der Waals surface area contributed by atoms with Crippen LogP contribution in [0.3, 0.4) is 0 Å². The molecule has 2 aliphatic rings. The summed E-state index contributed by atoms with van der Waals surface area (Å²) >= 11 is 0. The number of hydrogen-bond donors (Lipinski definition) is 2. The van der Waals surface area contributed by atoms with Crippen molar-refractivity contribution in [3.63, 3.8) is 0 Å². The van der Waals surface area contributed by atoms with E-state index in [9.17, 15) is 18.0 Å². The van der Waals surface area contributed by atoms with Gasteiger partial charge in [0.05, 0.1) is 36.4 Å². The van der Waals surface area contributed by atoms with E-state index in [1.54, 1.807) is 6.07 Å². The van der Waals surface area contributed by atoms with Crippen molar-refractivity contribution in [3.8, 4) is 6.07 Å². The van der Waals surface area contributed by atoms with Gasteiger partial charge >= 0.3 is 12.1 Å². The van der Waals surface area contributed by atoms with E-state index in [2.05, 4.69) is 11.4 Å². The lowest BCUT2D eigenvalue weighted by molar-refractivity contribution is -0.192. The van der Waals surface area contributed by atoms with Gasteiger partial charge in [0, 0.05) is 31.9 Å². The van der Waals surface area contributed by atoms with Crippen LogP contribution in [0.15, 0.2) is 42.6 Å². The van der Waals surface area contributed by atoms with Gasteiger partial charge in [-0.05, 0) is 36.8 Å². The Bertz CT molecular complexity index is 1060. The number of halogens is 3. The second-order valence-corrected chi connectivity index (χ2v) is 8.02. The predicted octanol–water partition coefficient (Wildman–Crippen LogP) is 3.02. The van der Waals surface area contributed by atoms with Gasteiger partial charge in [0.1, 0.15) is 5.69 Å². The van der Waals surface area contributed by atoms with Crippen LogP contribution in [-0.4, -0.2) is 64.0 Å². The topological polar surface area (TPSA) is 108 Å². The average Bonchev–Trinajstić information content (AvgIpc) is 3.48. The van der Waals surface area contributed by atoms with Crippen LogP contribution >= 0.6 is 0 Å². The summed E-state index contributed by atoms with van der Waals surface area (Å²) in [4.78, 5) is 23.5. The Hall–Kier alpha value is -3.52. The Balaban J connectivity index is 0.000000383. The molecule has 2 unspecified atom stereocenters. The molecule has 11 heteroatoms. The lowest BCUT2D eigenvalue weighted by Gasteiger charge is -2.23. The monoisotopic (exact) mass is 464 g/mol. The van der Waals surface area contributed by atoms with Crippen LogP contribution < -0.4 is 5.32 Å². The highest BCUT2D eigenvalue weighted by Crippen LogP contribution is 2.36. The van der Waals surface area contributed by atoms with Gasteiger partial charge in [-0.1, -0.05) is 6.07 Å². The number of carbonyl (C=O) groups excluding carboxylic acids is 1. The van der Waals surface area contributed by atoms with Crippen molar-refractivity contribution in [3.05, 3.63) is 53.9 Å². The molecule has 4 rings (SSSR count). The van der Waals surface area contributed by atoms with Gasteiger partial charge in [0.2, 0.25) is 0 Å². The van der Waals surface area contributed by atoms with E-state index in [1.165, 1.54) is 0 Å². The molecule has 0 aliphatic carbocycles. The van der Waals surface area contributed by atoms with E-state index >= 15 is 0 Å². The fourth-order valence-electron chi connectivity index (χ4n) is 4.00. The van der Waals surface area contributed by atoms with Crippen molar-refractivity contribution in [2.75, 3.05) is 25.0 Å². The Morgan fingerprint density at radius 1 is 1.30 bits per heavy atom. The summed E-state index contributed by atoms with van der Waals surface area (Å²) in [7, 11) is 1.89. The molecule has 0 saturated carbocycles. The maximum atomic E-state index is 12.7. The van der Waals surface area contributed by atoms with Crippen molar-refractivity contribution < 1.29 is 32.6 Å². The number of carboxylic acids is 1. The van der Waals surface area contributed by atoms with Gasteiger partial charge in [-0.2, -0.15) is 18.4 Å². The Morgan fingerprint density at radius 3 is 2.64 bits per heavy atom. The summed E-state index contributed by atoms with van der Waals surface area (Å²) in [6.07, 6.45) is -1.47. The molecular weight excluding hydrogens is 441 g/mol. The van der Waals surface area contributed by atoms with Gasteiger partial charge in [0.25, 0.3) is 5.91 Å². The van der Waals surface area contributed by atoms with E-state index in [4.69, 9.17) is 19.9 Å². The minimum atomic E-state index is -5.08. The number of carboxylic acid groups (broad SMARTS) is 1. The quantitative estimate of drug-likeness (QED) is 0.723. The van der Waals surface area contributed by atoms with Crippen molar-refractivity contribution in [1.82, 2.24) is 9.47 Å². The second-order valence-electron chi connectivity index (χ2n) is 8.02. The number of benzene rings is 1. The van der Waals surface area contributed by atoms with Crippen LogP contribution in [-0.2, 0) is 16.6 Å². The number of anilines is 1. The maximum Gasteiger partial charge on any atom is 0.490 e. The molecule has 2 N–H and O–H groups in total. The van der Waals surface area contributed by atoms with Crippen molar-refractivity contribution >= 4 is 17.6 Å². The lowest BCUT2D eigenvalue weighted by Crippen LogP contribution is -2.36. The number of aliphatic carboxylic acids is 1. The first-order chi connectivity index (χ1) is 15.5. The van der Waals surface area contributed by atoms with Gasteiger partial charge in [-0.3, -0.25) is 4.79 Å². The highest BCUT2D eigenvalue weighted by atomic mass is 19.4. The number of hydrogen-bond acceptors (Lipinski definition) is 5. The number of amides is 1. The van der Waals surface area contributed by atoms with E-state index in [0.29, 0.717) is 24.4 Å². The number of carbonyl (C=O) groups is 2. The number of ether oxygens (including phenoxy) is 1. The van der Waals surface area contributed by atoms with Crippen molar-refractivity contribution in [2.45, 2.75) is 30.7 Å². The molecule has 1 amide bonds. The molecule has 2 fully saturated rings. The molecule has 1 spiro atoms. The van der Waals surface area contributed by atoms with Crippen LogP contribution in [0.5, 0.6) is 0 Å². The van der Waals surface area contributed by atoms with E-state index in [-0.39, 0.29) is 17.6 Å². The third-order valence-corrected chi connectivity index (χ3v) is 5.58. The van der Waals surface area contributed by atoms with Crippen LogP contribution in [0.4, 0.5) is 18.9 Å². The van der Waals surface area contributed by atoms with Crippen LogP contribution in [0.25, 0.3) is 0 Å². The van der Waals surface area contributed by atoms with Crippen LogP contribution in [0.1, 0.15) is 28.9 Å². The molecule has 3 heterocycles. The van der Waals surface area contributed by atoms with E-state index < -0.39 is 12.1 Å². The van der Waals surface area contributed by atoms with Crippen molar-refractivity contribution in [2.24, 2.45) is 7.05 Å². The number of nitrogens with zero attached hydrogens (tertiary/aromatic N) is 3. The summed E-state index contributed by atoms with van der Waals surface area (Å²) < 4.78 is 39.7. The third kappa shape index (κ3) is 5.84. The third-order valence-electron chi connectivity index (χ3n) is 5.58. The summed E-state index contributed by atoms with van der Waals surface area (Å²) in [6.45, 7) is 1.97.